The topological polar surface area (TPSA) is 61.2 Å². The molecule has 1 aromatic carbocycles. The van der Waals surface area contributed by atoms with Crippen molar-refractivity contribution in [3.8, 4) is 5.69 Å². The van der Waals surface area contributed by atoms with Crippen LogP contribution in [0.1, 0.15) is 33.5 Å². The predicted octanol–water partition coefficient (Wildman–Crippen LogP) is 2.88. The smallest absolute Gasteiger partial charge is 0.435 e. The summed E-state index contributed by atoms with van der Waals surface area (Å²) >= 11 is 0. The van der Waals surface area contributed by atoms with Crippen LogP contribution in [0.15, 0.2) is 30.3 Å². The second kappa shape index (κ2) is 5.63. The van der Waals surface area contributed by atoms with Gasteiger partial charge in [-0.05, 0) is 19.1 Å². The molecule has 0 unspecified atom stereocenters. The van der Waals surface area contributed by atoms with Gasteiger partial charge in [0.1, 0.15) is 0 Å². The SMILES string of the molecule is COC(=O)c1c(C(C)=O)c(C(F)(F)F)nn1-c1ccccc1. The Kier molecular flexibility index (Phi) is 4.03. The van der Waals surface area contributed by atoms with E-state index in [9.17, 15) is 22.8 Å². The third-order valence-corrected chi connectivity index (χ3v) is 2.89. The first-order valence-corrected chi connectivity index (χ1v) is 6.12. The van der Waals surface area contributed by atoms with Crippen molar-refractivity contribution in [2.75, 3.05) is 7.11 Å². The molecule has 22 heavy (non-hydrogen) atoms. The average Bonchev–Trinajstić information content (AvgIpc) is 2.88. The van der Waals surface area contributed by atoms with E-state index in [1.54, 1.807) is 18.2 Å². The van der Waals surface area contributed by atoms with Crippen LogP contribution in [-0.4, -0.2) is 28.6 Å². The monoisotopic (exact) mass is 312 g/mol. The van der Waals surface area contributed by atoms with Crippen LogP contribution in [0.3, 0.4) is 0 Å². The van der Waals surface area contributed by atoms with Gasteiger partial charge in [-0.15, -0.1) is 0 Å². The third kappa shape index (κ3) is 2.72. The van der Waals surface area contributed by atoms with Gasteiger partial charge in [0.25, 0.3) is 0 Å². The Balaban J connectivity index is 2.84. The van der Waals surface area contributed by atoms with E-state index in [1.807, 2.05) is 0 Å². The number of para-hydroxylation sites is 1. The predicted molar refractivity (Wildman–Crippen MR) is 69.9 cm³/mol. The third-order valence-electron chi connectivity index (χ3n) is 2.89. The number of methoxy groups -OCH3 is 1. The van der Waals surface area contributed by atoms with Crippen molar-refractivity contribution in [1.82, 2.24) is 9.78 Å². The first-order chi connectivity index (χ1) is 10.3. The van der Waals surface area contributed by atoms with Crippen LogP contribution in [0.5, 0.6) is 0 Å². The molecule has 0 bridgehead atoms. The zero-order chi connectivity index (χ0) is 16.5. The molecule has 8 heteroatoms. The average molecular weight is 312 g/mol. The molecule has 0 fully saturated rings. The van der Waals surface area contributed by atoms with E-state index in [0.717, 1.165) is 18.7 Å². The lowest BCUT2D eigenvalue weighted by Crippen LogP contribution is -2.15. The molecule has 1 heterocycles. The number of benzene rings is 1. The number of rotatable bonds is 3. The van der Waals surface area contributed by atoms with Gasteiger partial charge in [-0.25, -0.2) is 9.48 Å². The first kappa shape index (κ1) is 15.7. The van der Waals surface area contributed by atoms with Gasteiger partial charge < -0.3 is 4.74 Å². The molecule has 116 valence electrons. The number of carbonyl (C=O) groups is 2. The fraction of sp³-hybridized carbons (Fsp3) is 0.214. The van der Waals surface area contributed by atoms with Crippen molar-refractivity contribution in [1.29, 1.82) is 0 Å². The van der Waals surface area contributed by atoms with Crippen molar-refractivity contribution >= 4 is 11.8 Å². The number of esters is 1. The highest BCUT2D eigenvalue weighted by molar-refractivity contribution is 6.05. The van der Waals surface area contributed by atoms with Crippen molar-refractivity contribution in [2.45, 2.75) is 13.1 Å². The first-order valence-electron chi connectivity index (χ1n) is 6.12. The minimum absolute atomic E-state index is 0.209. The van der Waals surface area contributed by atoms with Crippen LogP contribution < -0.4 is 0 Å². The molecule has 2 rings (SSSR count). The van der Waals surface area contributed by atoms with E-state index < -0.39 is 34.9 Å². The Labute approximate surface area is 123 Å². The zero-order valence-electron chi connectivity index (χ0n) is 11.6. The maximum atomic E-state index is 13.1. The fourth-order valence-corrected chi connectivity index (χ4v) is 1.99. The van der Waals surface area contributed by atoms with Gasteiger partial charge >= 0.3 is 12.1 Å². The van der Waals surface area contributed by atoms with Gasteiger partial charge in [-0.3, -0.25) is 4.79 Å². The number of nitrogens with zero attached hydrogens (tertiary/aromatic N) is 2. The van der Waals surface area contributed by atoms with Gasteiger partial charge in [0, 0.05) is 0 Å². The Bertz CT molecular complexity index is 721. The number of ketones is 1. The normalized spacial score (nSPS) is 11.3. The molecule has 0 aliphatic heterocycles. The van der Waals surface area contributed by atoms with Crippen LogP contribution in [0.25, 0.3) is 5.69 Å². The van der Waals surface area contributed by atoms with E-state index in [4.69, 9.17) is 0 Å². The zero-order valence-corrected chi connectivity index (χ0v) is 11.6. The fourth-order valence-electron chi connectivity index (χ4n) is 1.99. The number of aromatic nitrogens is 2. The number of alkyl halides is 3. The van der Waals surface area contributed by atoms with Gasteiger partial charge in [-0.1, -0.05) is 18.2 Å². The molecule has 0 saturated heterocycles. The molecule has 0 spiro atoms. The number of hydrogen-bond donors (Lipinski definition) is 0. The van der Waals surface area contributed by atoms with Crippen LogP contribution in [0.2, 0.25) is 0 Å². The number of Topliss-reactive ketones (excluding diaryl/α,β-unsaturated/α-hetero) is 1. The molecule has 0 aliphatic carbocycles. The molecule has 2 aromatic rings. The second-order valence-electron chi connectivity index (χ2n) is 4.37. The Morgan fingerprint density at radius 3 is 2.23 bits per heavy atom. The summed E-state index contributed by atoms with van der Waals surface area (Å²) in [4.78, 5) is 23.5. The lowest BCUT2D eigenvalue weighted by atomic mass is 10.1. The summed E-state index contributed by atoms with van der Waals surface area (Å²) in [5, 5.41) is 3.41. The van der Waals surface area contributed by atoms with Gasteiger partial charge in [0.2, 0.25) is 0 Å². The van der Waals surface area contributed by atoms with Gasteiger partial charge in [-0.2, -0.15) is 18.3 Å². The molecular formula is C14H11F3N2O3. The highest BCUT2D eigenvalue weighted by Gasteiger charge is 2.42. The maximum absolute atomic E-state index is 13.1. The van der Waals surface area contributed by atoms with Crippen molar-refractivity contribution in [2.24, 2.45) is 0 Å². The molecule has 0 aliphatic rings. The van der Waals surface area contributed by atoms with E-state index in [1.165, 1.54) is 12.1 Å². The standard InChI is InChI=1S/C14H11F3N2O3/c1-8(20)10-11(13(21)22-2)19(9-6-4-3-5-7-9)18-12(10)14(15,16)17/h3-7H,1-2H3. The van der Waals surface area contributed by atoms with Crippen LogP contribution in [0, 0.1) is 0 Å². The molecule has 0 atom stereocenters. The molecule has 0 radical (unpaired) electrons. The summed E-state index contributed by atoms with van der Waals surface area (Å²) < 4.78 is 44.6. The minimum Gasteiger partial charge on any atom is -0.464 e. The van der Waals surface area contributed by atoms with Crippen LogP contribution in [-0.2, 0) is 10.9 Å². The van der Waals surface area contributed by atoms with Gasteiger partial charge in [0.15, 0.2) is 17.2 Å². The van der Waals surface area contributed by atoms with E-state index in [-0.39, 0.29) is 5.69 Å². The second-order valence-corrected chi connectivity index (χ2v) is 4.37. The number of hydrogen-bond acceptors (Lipinski definition) is 4. The molecular weight excluding hydrogens is 301 g/mol. The maximum Gasteiger partial charge on any atom is 0.435 e. The minimum atomic E-state index is -4.87. The summed E-state index contributed by atoms with van der Waals surface area (Å²) in [5.41, 5.74) is -2.55. The number of carbonyl (C=O) groups excluding carboxylic acids is 2. The summed E-state index contributed by atoms with van der Waals surface area (Å²) in [6.07, 6.45) is -4.87. The quantitative estimate of drug-likeness (QED) is 0.646. The Hall–Kier alpha value is -2.64. The van der Waals surface area contributed by atoms with E-state index in [0.29, 0.717) is 0 Å². The largest absolute Gasteiger partial charge is 0.464 e. The molecule has 1 aromatic heterocycles. The number of ether oxygens (including phenoxy) is 1. The number of halogens is 3. The molecule has 0 saturated carbocycles. The van der Waals surface area contributed by atoms with Crippen LogP contribution in [0.4, 0.5) is 13.2 Å². The van der Waals surface area contributed by atoms with Gasteiger partial charge in [0.05, 0.1) is 18.4 Å². The van der Waals surface area contributed by atoms with E-state index in [2.05, 4.69) is 9.84 Å². The van der Waals surface area contributed by atoms with Crippen LogP contribution >= 0.6 is 0 Å². The van der Waals surface area contributed by atoms with Crippen molar-refractivity contribution in [3.63, 3.8) is 0 Å². The van der Waals surface area contributed by atoms with Crippen molar-refractivity contribution in [3.05, 3.63) is 47.3 Å². The van der Waals surface area contributed by atoms with Crippen molar-refractivity contribution < 1.29 is 27.5 Å². The van der Waals surface area contributed by atoms with E-state index >= 15 is 0 Å². The molecule has 0 amide bonds. The Morgan fingerprint density at radius 1 is 1.18 bits per heavy atom. The highest BCUT2D eigenvalue weighted by Crippen LogP contribution is 2.34. The molecule has 5 nitrogen and oxygen atoms in total. The summed E-state index contributed by atoms with van der Waals surface area (Å²) in [6.45, 7) is 0.939. The summed E-state index contributed by atoms with van der Waals surface area (Å²) in [5.74, 6) is -1.99. The lowest BCUT2D eigenvalue weighted by molar-refractivity contribution is -0.141. The summed E-state index contributed by atoms with van der Waals surface area (Å²) in [7, 11) is 1.02. The highest BCUT2D eigenvalue weighted by atomic mass is 19.4. The lowest BCUT2D eigenvalue weighted by Gasteiger charge is -2.06. The molecule has 0 N–H and O–H groups in total. The summed E-state index contributed by atoms with van der Waals surface area (Å²) in [6, 6.07) is 7.71. The Morgan fingerprint density at radius 2 is 1.77 bits per heavy atom.